The fourth-order valence-electron chi connectivity index (χ4n) is 3.34. The van der Waals surface area contributed by atoms with Gasteiger partial charge in [0.1, 0.15) is 6.17 Å². The summed E-state index contributed by atoms with van der Waals surface area (Å²) in [6, 6.07) is 3.01. The van der Waals surface area contributed by atoms with Gasteiger partial charge in [-0.3, -0.25) is 0 Å². The molecule has 0 saturated carbocycles. The van der Waals surface area contributed by atoms with E-state index in [2.05, 4.69) is 22.9 Å². The van der Waals surface area contributed by atoms with E-state index in [-0.39, 0.29) is 12.1 Å². The summed E-state index contributed by atoms with van der Waals surface area (Å²) in [5.41, 5.74) is 0.461. The average Bonchev–Trinajstić information content (AvgIpc) is 2.51. The molecule has 0 spiro atoms. The van der Waals surface area contributed by atoms with E-state index in [0.717, 1.165) is 25.2 Å². The van der Waals surface area contributed by atoms with E-state index in [1.54, 1.807) is 0 Å². The van der Waals surface area contributed by atoms with Crippen LogP contribution >= 0.6 is 0 Å². The highest BCUT2D eigenvalue weighted by molar-refractivity contribution is 5.23. The number of hydrogen-bond acceptors (Lipinski definition) is 3. The SMILES string of the molecule is CC1CNC(C2CNC(c3ccc(F)c(F)c3)C(F)C2)NC1. The number of halogens is 3. The molecule has 6 heteroatoms. The van der Waals surface area contributed by atoms with Crippen molar-refractivity contribution in [3.8, 4) is 0 Å². The van der Waals surface area contributed by atoms with Crippen LogP contribution in [-0.2, 0) is 0 Å². The van der Waals surface area contributed by atoms with Crippen molar-refractivity contribution < 1.29 is 13.2 Å². The van der Waals surface area contributed by atoms with Crippen molar-refractivity contribution in [1.82, 2.24) is 16.0 Å². The molecule has 3 nitrogen and oxygen atoms in total. The number of rotatable bonds is 2. The van der Waals surface area contributed by atoms with E-state index in [1.807, 2.05) is 0 Å². The third-order valence-corrected chi connectivity index (χ3v) is 4.64. The minimum atomic E-state index is -1.12. The van der Waals surface area contributed by atoms with Crippen LogP contribution in [0.25, 0.3) is 0 Å². The molecule has 3 N–H and O–H groups in total. The Morgan fingerprint density at radius 2 is 1.73 bits per heavy atom. The summed E-state index contributed by atoms with van der Waals surface area (Å²) in [4.78, 5) is 0. The van der Waals surface area contributed by atoms with Gasteiger partial charge in [0.2, 0.25) is 0 Å². The minimum absolute atomic E-state index is 0.104. The van der Waals surface area contributed by atoms with Gasteiger partial charge in [-0.25, -0.2) is 13.2 Å². The van der Waals surface area contributed by atoms with Crippen LogP contribution in [0.2, 0.25) is 0 Å². The van der Waals surface area contributed by atoms with Crippen LogP contribution in [-0.4, -0.2) is 32.0 Å². The zero-order valence-corrected chi connectivity index (χ0v) is 12.6. The molecule has 0 amide bonds. The second-order valence-corrected chi connectivity index (χ2v) is 6.47. The zero-order chi connectivity index (χ0) is 15.7. The first-order chi connectivity index (χ1) is 10.5. The lowest BCUT2D eigenvalue weighted by Crippen LogP contribution is -2.59. The van der Waals surface area contributed by atoms with Crippen molar-refractivity contribution in [3.05, 3.63) is 35.4 Å². The lowest BCUT2D eigenvalue weighted by molar-refractivity contribution is 0.114. The lowest BCUT2D eigenvalue weighted by Gasteiger charge is -2.40. The molecule has 0 bridgehead atoms. The standard InChI is InChI=1S/C16H22F3N3/c1-9-6-21-16(22-7-9)11-5-14(19)15(20-8-11)10-2-3-12(17)13(18)4-10/h2-4,9,11,14-16,20-22H,5-8H2,1H3. The topological polar surface area (TPSA) is 36.1 Å². The molecule has 2 aliphatic heterocycles. The Balaban J connectivity index is 1.63. The van der Waals surface area contributed by atoms with Crippen molar-refractivity contribution in [2.24, 2.45) is 11.8 Å². The van der Waals surface area contributed by atoms with Gasteiger partial charge in [0, 0.05) is 25.6 Å². The Bertz CT molecular complexity index is 517. The van der Waals surface area contributed by atoms with Gasteiger partial charge in [0.25, 0.3) is 0 Å². The fourth-order valence-corrected chi connectivity index (χ4v) is 3.34. The molecule has 3 rings (SSSR count). The molecule has 22 heavy (non-hydrogen) atoms. The summed E-state index contributed by atoms with van der Waals surface area (Å²) in [6.45, 7) is 4.66. The number of benzene rings is 1. The Morgan fingerprint density at radius 3 is 2.36 bits per heavy atom. The molecule has 2 fully saturated rings. The number of piperidine rings is 1. The summed E-state index contributed by atoms with van der Waals surface area (Å²) < 4.78 is 40.8. The molecular formula is C16H22F3N3. The summed E-state index contributed by atoms with van der Waals surface area (Å²) in [5, 5.41) is 9.95. The maximum atomic E-state index is 14.5. The molecule has 2 saturated heterocycles. The van der Waals surface area contributed by atoms with Crippen LogP contribution in [0.3, 0.4) is 0 Å². The van der Waals surface area contributed by atoms with Crippen molar-refractivity contribution >= 4 is 0 Å². The second-order valence-electron chi connectivity index (χ2n) is 6.47. The number of alkyl halides is 1. The summed E-state index contributed by atoms with van der Waals surface area (Å²) in [7, 11) is 0. The van der Waals surface area contributed by atoms with E-state index in [1.165, 1.54) is 6.07 Å². The van der Waals surface area contributed by atoms with E-state index >= 15 is 0 Å². The molecule has 0 aliphatic carbocycles. The predicted molar refractivity (Wildman–Crippen MR) is 79.1 cm³/mol. The van der Waals surface area contributed by atoms with Gasteiger partial charge in [0.05, 0.1) is 12.2 Å². The first-order valence-electron chi connectivity index (χ1n) is 7.83. The Labute approximate surface area is 128 Å². The third-order valence-electron chi connectivity index (χ3n) is 4.64. The van der Waals surface area contributed by atoms with Gasteiger partial charge in [-0.2, -0.15) is 0 Å². The van der Waals surface area contributed by atoms with E-state index in [9.17, 15) is 13.2 Å². The molecule has 122 valence electrons. The van der Waals surface area contributed by atoms with Crippen LogP contribution in [0.1, 0.15) is 24.9 Å². The average molecular weight is 313 g/mol. The van der Waals surface area contributed by atoms with Crippen molar-refractivity contribution in [3.63, 3.8) is 0 Å². The van der Waals surface area contributed by atoms with E-state index in [0.29, 0.717) is 24.4 Å². The lowest BCUT2D eigenvalue weighted by atomic mass is 9.86. The summed E-state index contributed by atoms with van der Waals surface area (Å²) >= 11 is 0. The van der Waals surface area contributed by atoms with Crippen LogP contribution in [0.5, 0.6) is 0 Å². The molecule has 3 atom stereocenters. The van der Waals surface area contributed by atoms with E-state index < -0.39 is 23.8 Å². The van der Waals surface area contributed by atoms with Gasteiger partial charge in [-0.05, 0) is 30.0 Å². The maximum Gasteiger partial charge on any atom is 0.159 e. The second kappa shape index (κ2) is 6.56. The van der Waals surface area contributed by atoms with Crippen LogP contribution < -0.4 is 16.0 Å². The Morgan fingerprint density at radius 1 is 1.00 bits per heavy atom. The molecule has 2 aliphatic rings. The maximum absolute atomic E-state index is 14.5. The largest absolute Gasteiger partial charge is 0.307 e. The normalized spacial score (nSPS) is 36.3. The fraction of sp³-hybridized carbons (Fsp3) is 0.625. The number of nitrogens with one attached hydrogen (secondary N) is 3. The highest BCUT2D eigenvalue weighted by Crippen LogP contribution is 2.31. The highest BCUT2D eigenvalue weighted by atomic mass is 19.2. The minimum Gasteiger partial charge on any atom is -0.307 e. The number of hydrogen-bond donors (Lipinski definition) is 3. The quantitative estimate of drug-likeness (QED) is 0.783. The predicted octanol–water partition coefficient (Wildman–Crippen LogP) is 2.11. The molecule has 0 radical (unpaired) electrons. The summed E-state index contributed by atoms with van der Waals surface area (Å²) in [5.74, 6) is -1.12. The van der Waals surface area contributed by atoms with Gasteiger partial charge in [-0.1, -0.05) is 13.0 Å². The smallest absolute Gasteiger partial charge is 0.159 e. The van der Waals surface area contributed by atoms with Gasteiger partial charge >= 0.3 is 0 Å². The highest BCUT2D eigenvalue weighted by Gasteiger charge is 2.36. The van der Waals surface area contributed by atoms with Gasteiger partial charge in [0.15, 0.2) is 11.6 Å². The molecule has 3 unspecified atom stereocenters. The molecule has 1 aromatic rings. The van der Waals surface area contributed by atoms with Gasteiger partial charge < -0.3 is 16.0 Å². The van der Waals surface area contributed by atoms with Crippen molar-refractivity contribution in [2.75, 3.05) is 19.6 Å². The van der Waals surface area contributed by atoms with Crippen molar-refractivity contribution in [1.29, 1.82) is 0 Å². The van der Waals surface area contributed by atoms with E-state index in [4.69, 9.17) is 0 Å². The zero-order valence-electron chi connectivity index (χ0n) is 12.6. The Hall–Kier alpha value is -1.11. The van der Waals surface area contributed by atoms with Crippen LogP contribution in [0.4, 0.5) is 13.2 Å². The van der Waals surface area contributed by atoms with Crippen molar-refractivity contribution in [2.45, 2.75) is 31.7 Å². The molecule has 1 aromatic carbocycles. The van der Waals surface area contributed by atoms with Crippen LogP contribution in [0.15, 0.2) is 18.2 Å². The van der Waals surface area contributed by atoms with Crippen LogP contribution in [0, 0.1) is 23.5 Å². The third kappa shape index (κ3) is 3.29. The van der Waals surface area contributed by atoms with Gasteiger partial charge in [-0.15, -0.1) is 0 Å². The molecule has 2 heterocycles. The molecular weight excluding hydrogens is 291 g/mol. The first-order valence-corrected chi connectivity index (χ1v) is 7.83. The Kier molecular flexibility index (Phi) is 4.70. The molecule has 0 aromatic heterocycles. The monoisotopic (exact) mass is 313 g/mol. The first kappa shape index (κ1) is 15.8. The summed E-state index contributed by atoms with van der Waals surface area (Å²) in [6.07, 6.45) is -0.616.